The number of nitrogens with one attached hydrogen (secondary N) is 1. The Kier molecular flexibility index (Phi) is 6.06. The van der Waals surface area contributed by atoms with Gasteiger partial charge in [-0.1, -0.05) is 44.2 Å². The number of carbonyl (C=O) groups is 2. The Labute approximate surface area is 114 Å². The van der Waals surface area contributed by atoms with Gasteiger partial charge in [0.05, 0.1) is 7.11 Å². The highest BCUT2D eigenvalue weighted by Crippen LogP contribution is 2.15. The standard InChI is InChI=1S/C15H21NO3/c1-11(2)9-10-13(17)16-14(15(18)19-3)12-7-5-4-6-8-12/h4-8,11,14H,9-10H2,1-3H3,(H,16,17)/t14-/m1/s1. The molecule has 104 valence electrons. The van der Waals surface area contributed by atoms with Gasteiger partial charge in [-0.15, -0.1) is 0 Å². The van der Waals surface area contributed by atoms with Crippen LogP contribution in [0.5, 0.6) is 0 Å². The summed E-state index contributed by atoms with van der Waals surface area (Å²) in [5.74, 6) is -0.129. The van der Waals surface area contributed by atoms with Crippen molar-refractivity contribution in [3.8, 4) is 0 Å². The lowest BCUT2D eigenvalue weighted by atomic mass is 10.1. The quantitative estimate of drug-likeness (QED) is 0.802. The van der Waals surface area contributed by atoms with Gasteiger partial charge < -0.3 is 10.1 Å². The molecule has 0 bridgehead atoms. The number of methoxy groups -OCH3 is 1. The predicted octanol–water partition coefficient (Wildman–Crippen LogP) is 2.45. The summed E-state index contributed by atoms with van der Waals surface area (Å²) in [5, 5.41) is 2.73. The Morgan fingerprint density at radius 1 is 1.21 bits per heavy atom. The van der Waals surface area contributed by atoms with Crippen molar-refractivity contribution in [2.24, 2.45) is 5.92 Å². The fourth-order valence-electron chi connectivity index (χ4n) is 1.69. The van der Waals surface area contributed by atoms with Crippen LogP contribution in [0.2, 0.25) is 0 Å². The van der Waals surface area contributed by atoms with Crippen LogP contribution >= 0.6 is 0 Å². The van der Waals surface area contributed by atoms with E-state index < -0.39 is 12.0 Å². The van der Waals surface area contributed by atoms with E-state index in [1.165, 1.54) is 7.11 Å². The van der Waals surface area contributed by atoms with Crippen LogP contribution in [0, 0.1) is 5.92 Å². The molecule has 4 nitrogen and oxygen atoms in total. The first-order chi connectivity index (χ1) is 9.04. The maximum absolute atomic E-state index is 11.8. The van der Waals surface area contributed by atoms with E-state index in [-0.39, 0.29) is 5.91 Å². The predicted molar refractivity (Wildman–Crippen MR) is 73.4 cm³/mol. The van der Waals surface area contributed by atoms with E-state index in [9.17, 15) is 9.59 Å². The van der Waals surface area contributed by atoms with Crippen LogP contribution in [-0.4, -0.2) is 19.0 Å². The van der Waals surface area contributed by atoms with Gasteiger partial charge >= 0.3 is 5.97 Å². The molecule has 0 aromatic heterocycles. The molecule has 1 amide bonds. The summed E-state index contributed by atoms with van der Waals surface area (Å²) in [6.07, 6.45) is 1.21. The highest BCUT2D eigenvalue weighted by molar-refractivity contribution is 5.85. The van der Waals surface area contributed by atoms with Gasteiger partial charge in [-0.05, 0) is 17.9 Å². The minimum Gasteiger partial charge on any atom is -0.467 e. The fraction of sp³-hybridized carbons (Fsp3) is 0.467. The molecule has 0 heterocycles. The lowest BCUT2D eigenvalue weighted by Gasteiger charge is -2.17. The Hall–Kier alpha value is -1.84. The molecule has 0 radical (unpaired) electrons. The highest BCUT2D eigenvalue weighted by Gasteiger charge is 2.23. The van der Waals surface area contributed by atoms with E-state index in [1.807, 2.05) is 18.2 Å². The van der Waals surface area contributed by atoms with Crippen molar-refractivity contribution in [1.29, 1.82) is 0 Å². The van der Waals surface area contributed by atoms with Crippen molar-refractivity contribution >= 4 is 11.9 Å². The van der Waals surface area contributed by atoms with Crippen molar-refractivity contribution < 1.29 is 14.3 Å². The van der Waals surface area contributed by atoms with Gasteiger partial charge in [0, 0.05) is 6.42 Å². The average Bonchev–Trinajstić information content (AvgIpc) is 2.42. The zero-order valence-corrected chi connectivity index (χ0v) is 11.7. The van der Waals surface area contributed by atoms with Gasteiger partial charge in [0.2, 0.25) is 5.91 Å². The van der Waals surface area contributed by atoms with Gasteiger partial charge in [-0.25, -0.2) is 4.79 Å². The number of carbonyl (C=O) groups excluding carboxylic acids is 2. The number of rotatable bonds is 6. The molecular formula is C15H21NO3. The molecule has 19 heavy (non-hydrogen) atoms. The van der Waals surface area contributed by atoms with Gasteiger partial charge in [0.25, 0.3) is 0 Å². The maximum atomic E-state index is 11.8. The molecular weight excluding hydrogens is 242 g/mol. The van der Waals surface area contributed by atoms with Gasteiger partial charge in [0.15, 0.2) is 6.04 Å². The minimum absolute atomic E-state index is 0.132. The molecule has 0 aliphatic heterocycles. The average molecular weight is 263 g/mol. The molecule has 1 atom stereocenters. The SMILES string of the molecule is COC(=O)[C@H](NC(=O)CCC(C)C)c1ccccc1. The van der Waals surface area contributed by atoms with Crippen LogP contribution in [0.25, 0.3) is 0 Å². The molecule has 0 aliphatic carbocycles. The molecule has 1 rings (SSSR count). The third kappa shape index (κ3) is 5.12. The Morgan fingerprint density at radius 2 is 1.84 bits per heavy atom. The molecule has 0 aliphatic rings. The molecule has 0 fully saturated rings. The van der Waals surface area contributed by atoms with Crippen molar-refractivity contribution in [1.82, 2.24) is 5.32 Å². The number of amides is 1. The fourth-order valence-corrected chi connectivity index (χ4v) is 1.69. The van der Waals surface area contributed by atoms with Gasteiger partial charge in [-0.2, -0.15) is 0 Å². The zero-order chi connectivity index (χ0) is 14.3. The van der Waals surface area contributed by atoms with Crippen LogP contribution in [0.15, 0.2) is 30.3 Å². The molecule has 4 heteroatoms. The largest absolute Gasteiger partial charge is 0.467 e. The summed E-state index contributed by atoms with van der Waals surface area (Å²) in [7, 11) is 1.32. The molecule has 0 unspecified atom stereocenters. The summed E-state index contributed by atoms with van der Waals surface area (Å²) in [6.45, 7) is 4.12. The second-order valence-electron chi connectivity index (χ2n) is 4.87. The Bertz CT molecular complexity index is 415. The summed E-state index contributed by atoms with van der Waals surface area (Å²) >= 11 is 0. The van der Waals surface area contributed by atoms with Crippen molar-refractivity contribution in [2.75, 3.05) is 7.11 Å². The van der Waals surface area contributed by atoms with Crippen LogP contribution in [0.4, 0.5) is 0 Å². The van der Waals surface area contributed by atoms with E-state index in [2.05, 4.69) is 19.2 Å². The summed E-state index contributed by atoms with van der Waals surface area (Å²) in [5.41, 5.74) is 0.729. The molecule has 1 aromatic carbocycles. The monoisotopic (exact) mass is 263 g/mol. The van der Waals surface area contributed by atoms with E-state index >= 15 is 0 Å². The number of esters is 1. The lowest BCUT2D eigenvalue weighted by molar-refractivity contribution is -0.145. The minimum atomic E-state index is -0.731. The molecule has 1 N–H and O–H groups in total. The van der Waals surface area contributed by atoms with Gasteiger partial charge in [0.1, 0.15) is 0 Å². The van der Waals surface area contributed by atoms with Crippen LogP contribution in [0.3, 0.4) is 0 Å². The highest BCUT2D eigenvalue weighted by atomic mass is 16.5. The van der Waals surface area contributed by atoms with E-state index in [1.54, 1.807) is 12.1 Å². The second kappa shape index (κ2) is 7.56. The number of benzene rings is 1. The maximum Gasteiger partial charge on any atom is 0.333 e. The Balaban J connectivity index is 2.71. The van der Waals surface area contributed by atoms with E-state index in [4.69, 9.17) is 4.74 Å². The summed E-state index contributed by atoms with van der Waals surface area (Å²) in [6, 6.07) is 8.37. The normalized spacial score (nSPS) is 12.0. The lowest BCUT2D eigenvalue weighted by Crippen LogP contribution is -2.34. The van der Waals surface area contributed by atoms with Crippen LogP contribution in [-0.2, 0) is 14.3 Å². The topological polar surface area (TPSA) is 55.4 Å². The van der Waals surface area contributed by atoms with Gasteiger partial charge in [-0.3, -0.25) is 4.79 Å². The first kappa shape index (κ1) is 15.2. The summed E-state index contributed by atoms with van der Waals surface area (Å²) < 4.78 is 4.74. The van der Waals surface area contributed by atoms with E-state index in [0.717, 1.165) is 12.0 Å². The zero-order valence-electron chi connectivity index (χ0n) is 11.7. The van der Waals surface area contributed by atoms with Crippen molar-refractivity contribution in [3.63, 3.8) is 0 Å². The van der Waals surface area contributed by atoms with Crippen molar-refractivity contribution in [3.05, 3.63) is 35.9 Å². The number of ether oxygens (including phenoxy) is 1. The smallest absolute Gasteiger partial charge is 0.333 e. The first-order valence-electron chi connectivity index (χ1n) is 6.46. The third-order valence-corrected chi connectivity index (χ3v) is 2.82. The molecule has 0 saturated carbocycles. The first-order valence-corrected chi connectivity index (χ1v) is 6.46. The molecule has 1 aromatic rings. The molecule has 0 saturated heterocycles. The van der Waals surface area contributed by atoms with Crippen LogP contribution in [0.1, 0.15) is 38.3 Å². The van der Waals surface area contributed by atoms with Crippen molar-refractivity contribution in [2.45, 2.75) is 32.7 Å². The summed E-state index contributed by atoms with van der Waals surface area (Å²) in [4.78, 5) is 23.6. The van der Waals surface area contributed by atoms with E-state index in [0.29, 0.717) is 12.3 Å². The Morgan fingerprint density at radius 3 is 2.37 bits per heavy atom. The molecule has 0 spiro atoms. The second-order valence-corrected chi connectivity index (χ2v) is 4.87. The third-order valence-electron chi connectivity index (χ3n) is 2.82. The number of hydrogen-bond acceptors (Lipinski definition) is 3. The van der Waals surface area contributed by atoms with Crippen LogP contribution < -0.4 is 5.32 Å². The number of hydrogen-bond donors (Lipinski definition) is 1.